The minimum Gasteiger partial charge on any atom is -0.464 e. The topological polar surface area (TPSA) is 73.3 Å². The fourth-order valence-electron chi connectivity index (χ4n) is 1.40. The molecule has 0 unspecified atom stereocenters. The van der Waals surface area contributed by atoms with Crippen LogP contribution in [0.25, 0.3) is 11.0 Å². The number of nitrogens with two attached hydrogens (primary N) is 1. The number of hydrogen-bond acceptors (Lipinski definition) is 3. The molecule has 0 atom stereocenters. The Hall–Kier alpha value is -2.54. The SMILES string of the molecule is NC(=O)CC#Cc1ccc2occc(=O)c2c1. The molecule has 0 aliphatic heterocycles. The third kappa shape index (κ3) is 2.52. The van der Waals surface area contributed by atoms with Gasteiger partial charge in [0.05, 0.1) is 18.1 Å². The quantitative estimate of drug-likeness (QED) is 0.739. The van der Waals surface area contributed by atoms with Crippen molar-refractivity contribution in [1.29, 1.82) is 0 Å². The first-order valence-corrected chi connectivity index (χ1v) is 4.95. The number of benzene rings is 1. The summed E-state index contributed by atoms with van der Waals surface area (Å²) in [6.45, 7) is 0. The molecule has 0 saturated carbocycles. The van der Waals surface area contributed by atoms with Crippen molar-refractivity contribution in [2.24, 2.45) is 5.73 Å². The lowest BCUT2D eigenvalue weighted by atomic mass is 10.1. The molecule has 17 heavy (non-hydrogen) atoms. The summed E-state index contributed by atoms with van der Waals surface area (Å²) in [4.78, 5) is 22.0. The zero-order valence-electron chi connectivity index (χ0n) is 8.90. The van der Waals surface area contributed by atoms with Crippen LogP contribution in [-0.2, 0) is 4.79 Å². The fourth-order valence-corrected chi connectivity index (χ4v) is 1.40. The molecule has 0 radical (unpaired) electrons. The zero-order chi connectivity index (χ0) is 12.3. The van der Waals surface area contributed by atoms with Crippen molar-refractivity contribution in [2.45, 2.75) is 6.42 Å². The second kappa shape index (κ2) is 4.54. The summed E-state index contributed by atoms with van der Waals surface area (Å²) in [6, 6.07) is 6.38. The van der Waals surface area contributed by atoms with Crippen molar-refractivity contribution in [2.75, 3.05) is 0 Å². The molecule has 0 saturated heterocycles. The summed E-state index contributed by atoms with van der Waals surface area (Å²) in [7, 11) is 0. The number of hydrogen-bond donors (Lipinski definition) is 1. The normalized spacial score (nSPS) is 9.65. The molecule has 2 rings (SSSR count). The van der Waals surface area contributed by atoms with Gasteiger partial charge in [0.15, 0.2) is 5.43 Å². The number of primary amides is 1. The Bertz CT molecular complexity index is 689. The van der Waals surface area contributed by atoms with Crippen molar-refractivity contribution in [3.05, 3.63) is 46.3 Å². The Morgan fingerprint density at radius 3 is 2.94 bits per heavy atom. The van der Waals surface area contributed by atoms with Gasteiger partial charge in [0.2, 0.25) is 5.91 Å². The van der Waals surface area contributed by atoms with Gasteiger partial charge in [-0.25, -0.2) is 0 Å². The van der Waals surface area contributed by atoms with Gasteiger partial charge >= 0.3 is 0 Å². The van der Waals surface area contributed by atoms with Crippen LogP contribution < -0.4 is 11.2 Å². The highest BCUT2D eigenvalue weighted by Gasteiger charge is 1.99. The van der Waals surface area contributed by atoms with E-state index >= 15 is 0 Å². The van der Waals surface area contributed by atoms with E-state index in [-0.39, 0.29) is 11.8 Å². The first-order valence-electron chi connectivity index (χ1n) is 4.95. The number of fused-ring (bicyclic) bond motifs is 1. The highest BCUT2D eigenvalue weighted by Crippen LogP contribution is 2.11. The van der Waals surface area contributed by atoms with Crippen LogP contribution in [0.1, 0.15) is 12.0 Å². The molecule has 0 aliphatic carbocycles. The molecule has 1 aromatic heterocycles. The van der Waals surface area contributed by atoms with E-state index in [4.69, 9.17) is 10.2 Å². The molecular weight excluding hydrogens is 218 g/mol. The van der Waals surface area contributed by atoms with E-state index in [1.54, 1.807) is 18.2 Å². The van der Waals surface area contributed by atoms with Gasteiger partial charge in [-0.15, -0.1) is 0 Å². The monoisotopic (exact) mass is 227 g/mol. The lowest BCUT2D eigenvalue weighted by Crippen LogP contribution is -2.08. The first kappa shape index (κ1) is 11.0. The second-order valence-corrected chi connectivity index (χ2v) is 3.44. The number of carbonyl (C=O) groups is 1. The summed E-state index contributed by atoms with van der Waals surface area (Å²) < 4.78 is 5.17. The van der Waals surface area contributed by atoms with Crippen LogP contribution in [0.5, 0.6) is 0 Å². The third-order valence-electron chi connectivity index (χ3n) is 2.15. The predicted octanol–water partition coefficient (Wildman–Crippen LogP) is 1.02. The zero-order valence-corrected chi connectivity index (χ0v) is 8.90. The summed E-state index contributed by atoms with van der Waals surface area (Å²) in [5, 5.41) is 0.471. The van der Waals surface area contributed by atoms with Gasteiger partial charge in [-0.2, -0.15) is 0 Å². The van der Waals surface area contributed by atoms with Crippen LogP contribution in [0, 0.1) is 11.8 Å². The largest absolute Gasteiger partial charge is 0.464 e. The van der Waals surface area contributed by atoms with Crippen LogP contribution >= 0.6 is 0 Å². The molecule has 2 N–H and O–H groups in total. The highest BCUT2D eigenvalue weighted by molar-refractivity contribution is 5.79. The van der Waals surface area contributed by atoms with E-state index in [0.29, 0.717) is 16.5 Å². The lowest BCUT2D eigenvalue weighted by Gasteiger charge is -1.95. The molecule has 84 valence electrons. The maximum Gasteiger partial charge on any atom is 0.229 e. The van der Waals surface area contributed by atoms with Crippen LogP contribution in [0.3, 0.4) is 0 Å². The van der Waals surface area contributed by atoms with Crippen molar-refractivity contribution in [3.63, 3.8) is 0 Å². The first-order chi connectivity index (χ1) is 8.16. The number of carbonyl (C=O) groups excluding carboxylic acids is 1. The van der Waals surface area contributed by atoms with Gasteiger partial charge in [0.1, 0.15) is 5.58 Å². The Balaban J connectivity index is 2.43. The van der Waals surface area contributed by atoms with Crippen LogP contribution in [0.4, 0.5) is 0 Å². The summed E-state index contributed by atoms with van der Waals surface area (Å²) in [6.07, 6.45) is 1.35. The molecular formula is C13H9NO3. The summed E-state index contributed by atoms with van der Waals surface area (Å²) in [5.41, 5.74) is 6.01. The minimum absolute atomic E-state index is 0.00142. The average molecular weight is 227 g/mol. The molecule has 1 aromatic carbocycles. The van der Waals surface area contributed by atoms with Gasteiger partial charge in [0.25, 0.3) is 0 Å². The standard InChI is InChI=1S/C13H9NO3/c14-13(16)3-1-2-9-4-5-12-10(8-9)11(15)6-7-17-12/h4-8H,3H2,(H2,14,16). The summed E-state index contributed by atoms with van der Waals surface area (Å²) >= 11 is 0. The second-order valence-electron chi connectivity index (χ2n) is 3.44. The molecule has 0 spiro atoms. The molecule has 0 fully saturated rings. The van der Waals surface area contributed by atoms with E-state index in [1.807, 2.05) is 0 Å². The van der Waals surface area contributed by atoms with Gasteiger partial charge in [-0.3, -0.25) is 9.59 Å². The smallest absolute Gasteiger partial charge is 0.229 e. The number of amides is 1. The lowest BCUT2D eigenvalue weighted by molar-refractivity contribution is -0.117. The van der Waals surface area contributed by atoms with Crippen LogP contribution in [-0.4, -0.2) is 5.91 Å². The maximum absolute atomic E-state index is 11.5. The third-order valence-corrected chi connectivity index (χ3v) is 2.15. The molecule has 4 heteroatoms. The molecule has 2 aromatic rings. The maximum atomic E-state index is 11.5. The fraction of sp³-hybridized carbons (Fsp3) is 0.0769. The Labute approximate surface area is 97.0 Å². The Kier molecular flexibility index (Phi) is 2.93. The van der Waals surface area contributed by atoms with Gasteiger partial charge in [-0.1, -0.05) is 11.8 Å². The van der Waals surface area contributed by atoms with Gasteiger partial charge in [0, 0.05) is 11.6 Å². The summed E-state index contributed by atoms with van der Waals surface area (Å²) in [5.74, 6) is 4.92. The van der Waals surface area contributed by atoms with E-state index in [0.717, 1.165) is 0 Å². The van der Waals surface area contributed by atoms with Crippen molar-refractivity contribution in [3.8, 4) is 11.8 Å². The van der Waals surface area contributed by atoms with E-state index in [9.17, 15) is 9.59 Å². The predicted molar refractivity (Wildman–Crippen MR) is 63.2 cm³/mol. The van der Waals surface area contributed by atoms with E-state index in [1.165, 1.54) is 12.3 Å². The molecule has 1 heterocycles. The molecule has 4 nitrogen and oxygen atoms in total. The van der Waals surface area contributed by atoms with Gasteiger partial charge in [-0.05, 0) is 18.2 Å². The van der Waals surface area contributed by atoms with E-state index in [2.05, 4.69) is 11.8 Å². The van der Waals surface area contributed by atoms with Crippen LogP contribution in [0.15, 0.2) is 39.7 Å². The molecule has 1 amide bonds. The molecule has 0 bridgehead atoms. The number of rotatable bonds is 1. The van der Waals surface area contributed by atoms with Crippen molar-refractivity contribution >= 4 is 16.9 Å². The highest BCUT2D eigenvalue weighted by atomic mass is 16.3. The minimum atomic E-state index is -0.474. The van der Waals surface area contributed by atoms with Crippen LogP contribution in [0.2, 0.25) is 0 Å². The van der Waals surface area contributed by atoms with Crippen molar-refractivity contribution < 1.29 is 9.21 Å². The Morgan fingerprint density at radius 2 is 2.18 bits per heavy atom. The van der Waals surface area contributed by atoms with Gasteiger partial charge < -0.3 is 10.2 Å². The van der Waals surface area contributed by atoms with E-state index < -0.39 is 5.91 Å². The average Bonchev–Trinajstić information content (AvgIpc) is 2.30. The van der Waals surface area contributed by atoms with Crippen molar-refractivity contribution in [1.82, 2.24) is 0 Å². The Morgan fingerprint density at radius 1 is 1.35 bits per heavy atom. The molecule has 0 aliphatic rings.